The maximum Gasteiger partial charge on any atom is 0.325 e. The molecule has 2 saturated heterocycles. The smallest absolute Gasteiger partial charge is 0.325 e. The molecule has 0 saturated carbocycles. The summed E-state index contributed by atoms with van der Waals surface area (Å²) in [7, 11) is 6.46. The van der Waals surface area contributed by atoms with Crippen molar-refractivity contribution in [1.29, 1.82) is 0 Å². The quantitative estimate of drug-likeness (QED) is 0.130. The van der Waals surface area contributed by atoms with Gasteiger partial charge in [-0.05, 0) is 0 Å². The summed E-state index contributed by atoms with van der Waals surface area (Å²) in [5, 5.41) is 0. The summed E-state index contributed by atoms with van der Waals surface area (Å²) in [4.78, 5) is 62.6. The van der Waals surface area contributed by atoms with Crippen molar-refractivity contribution < 1.29 is 28.5 Å². The zero-order chi connectivity index (χ0) is 52.9. The highest BCUT2D eigenvalue weighted by molar-refractivity contribution is 5.99. The minimum atomic E-state index is -1.55. The van der Waals surface area contributed by atoms with Gasteiger partial charge in [0.25, 0.3) is 0 Å². The first-order valence-corrected chi connectivity index (χ1v) is 25.8. The van der Waals surface area contributed by atoms with E-state index >= 15 is 9.59 Å². The molecule has 14 nitrogen and oxygen atoms in total. The normalized spacial score (nSPS) is 18.1. The van der Waals surface area contributed by atoms with Crippen molar-refractivity contribution in [2.24, 2.45) is 0 Å². The Labute approximate surface area is 449 Å². The highest BCUT2D eigenvalue weighted by Gasteiger charge is 2.81. The van der Waals surface area contributed by atoms with Crippen LogP contribution in [-0.2, 0) is 37.5 Å². The van der Waals surface area contributed by atoms with Gasteiger partial charge in [0.1, 0.15) is 22.1 Å². The monoisotopic (exact) mass is 1030 g/mol. The summed E-state index contributed by atoms with van der Waals surface area (Å²) in [6.07, 6.45) is 0. The van der Waals surface area contributed by atoms with Crippen molar-refractivity contribution in [3.05, 3.63) is 215 Å². The van der Waals surface area contributed by atoms with Crippen molar-refractivity contribution in [3.8, 4) is 68.0 Å². The number of nitrogens with zero attached hydrogens (tertiary/aromatic N) is 8. The van der Waals surface area contributed by atoms with Crippen LogP contribution in [0.5, 0.6) is 23.0 Å². The van der Waals surface area contributed by atoms with E-state index in [0.29, 0.717) is 90.1 Å². The minimum absolute atomic E-state index is 0.0107. The van der Waals surface area contributed by atoms with Crippen LogP contribution in [-0.4, -0.2) is 80.0 Å². The van der Waals surface area contributed by atoms with E-state index in [4.69, 9.17) is 38.9 Å². The Bertz CT molecular complexity index is 3570. The van der Waals surface area contributed by atoms with E-state index in [9.17, 15) is 0 Å². The zero-order valence-electron chi connectivity index (χ0n) is 43.2. The number of carbonyl (C=O) groups excluding carboxylic acids is 2. The van der Waals surface area contributed by atoms with Gasteiger partial charge >= 0.3 is 12.1 Å². The summed E-state index contributed by atoms with van der Waals surface area (Å²) in [6, 6.07) is 58.9. The third kappa shape index (κ3) is 6.30. The number of carbonyl (C=O) groups is 2. The molecule has 4 aliphatic heterocycles. The van der Waals surface area contributed by atoms with Crippen LogP contribution in [0.1, 0.15) is 33.4 Å². The highest BCUT2D eigenvalue weighted by Crippen LogP contribution is 2.67. The first-order chi connectivity index (χ1) is 38.4. The van der Waals surface area contributed by atoms with E-state index in [-0.39, 0.29) is 38.2 Å². The number of rotatable bonds is 10. The maximum absolute atomic E-state index is 16.7. The van der Waals surface area contributed by atoms with Gasteiger partial charge in [-0.3, -0.25) is 19.6 Å². The van der Waals surface area contributed by atoms with Gasteiger partial charge in [-0.1, -0.05) is 182 Å². The van der Waals surface area contributed by atoms with E-state index < -0.39 is 11.3 Å². The molecule has 0 radical (unpaired) electrons. The van der Waals surface area contributed by atoms with Gasteiger partial charge in [-0.15, -0.1) is 0 Å². The number of ether oxygens (including phenoxy) is 4. The van der Waals surface area contributed by atoms with E-state index in [0.717, 1.165) is 33.4 Å². The Hall–Kier alpha value is -9.82. The van der Waals surface area contributed by atoms with Gasteiger partial charge < -0.3 is 18.9 Å². The SMILES string of the molecule is COc1c2c(c(OC)c3nc(-c4ccccc4)c(-c4ccccc4)nc13)CN1C(=O)N3Cc4c(c(OC)c5nc(-c6ccccc6)c(-c6ccccc6)nc5c4OC)CN4C(=O)N(C2)C1(c1ccccc1)C43c1ccccc1. The lowest BCUT2D eigenvalue weighted by Crippen LogP contribution is -2.62. The van der Waals surface area contributed by atoms with Crippen LogP contribution in [0.3, 0.4) is 0 Å². The summed E-state index contributed by atoms with van der Waals surface area (Å²) < 4.78 is 26.1. The molecule has 0 aliphatic carbocycles. The van der Waals surface area contributed by atoms with Crippen molar-refractivity contribution in [2.45, 2.75) is 37.5 Å². The fourth-order valence-electron chi connectivity index (χ4n) is 13.0. The van der Waals surface area contributed by atoms with Gasteiger partial charge in [0.05, 0.1) is 77.4 Å². The predicted octanol–water partition coefficient (Wildman–Crippen LogP) is 12.2. The molecule has 2 aromatic heterocycles. The summed E-state index contributed by atoms with van der Waals surface area (Å²) in [6.45, 7) is -0.0427. The van der Waals surface area contributed by atoms with E-state index in [1.165, 1.54) is 0 Å². The highest BCUT2D eigenvalue weighted by atomic mass is 16.5. The number of benzene rings is 8. The molecular weight excluding hydrogens is 977 g/mol. The van der Waals surface area contributed by atoms with E-state index in [2.05, 4.69) is 0 Å². The molecule has 0 unspecified atom stereocenters. The number of fused-ring (bicyclic) bond motifs is 4. The number of hydrogen-bond acceptors (Lipinski definition) is 10. The molecule has 4 amide bonds. The van der Waals surface area contributed by atoms with Gasteiger partial charge in [-0.2, -0.15) is 0 Å². The lowest BCUT2D eigenvalue weighted by atomic mass is 9.79. The van der Waals surface area contributed by atoms with E-state index in [1.807, 2.05) is 202 Å². The van der Waals surface area contributed by atoms with Gasteiger partial charge in [0, 0.05) is 55.6 Å². The average Bonchev–Trinajstić information content (AvgIpc) is 3.86. The third-order valence-corrected chi connectivity index (χ3v) is 16.1. The van der Waals surface area contributed by atoms with Crippen LogP contribution in [0.15, 0.2) is 182 Å². The van der Waals surface area contributed by atoms with Crippen LogP contribution in [0.4, 0.5) is 9.59 Å². The molecule has 0 N–H and O–H groups in total. The first-order valence-electron chi connectivity index (χ1n) is 25.8. The molecule has 0 bridgehead atoms. The Balaban J connectivity index is 1.06. The molecule has 78 heavy (non-hydrogen) atoms. The Morgan fingerprint density at radius 1 is 0.321 bits per heavy atom. The molecule has 14 rings (SSSR count). The van der Waals surface area contributed by atoms with Crippen molar-refractivity contribution in [3.63, 3.8) is 0 Å². The van der Waals surface area contributed by atoms with Gasteiger partial charge in [0.15, 0.2) is 34.3 Å². The molecule has 14 heteroatoms. The van der Waals surface area contributed by atoms with Crippen molar-refractivity contribution in [1.82, 2.24) is 39.5 Å². The summed E-state index contributed by atoms with van der Waals surface area (Å²) in [5.74, 6) is 1.70. The van der Waals surface area contributed by atoms with Crippen LogP contribution in [0, 0.1) is 0 Å². The summed E-state index contributed by atoms with van der Waals surface area (Å²) in [5.41, 5.74) is 8.81. The van der Waals surface area contributed by atoms with Gasteiger partial charge in [0.2, 0.25) is 0 Å². The van der Waals surface area contributed by atoms with Crippen molar-refractivity contribution in [2.75, 3.05) is 28.4 Å². The molecule has 8 aromatic carbocycles. The lowest BCUT2D eigenvalue weighted by Gasteiger charge is -2.49. The molecule has 4 aliphatic rings. The number of amides is 4. The number of aromatic nitrogens is 4. The van der Waals surface area contributed by atoms with Crippen LogP contribution in [0.2, 0.25) is 0 Å². The standard InChI is InChI=1S/C64H50N8O6/c1-75-57-45-35-69-61(73)71-37-47-48(60(78-4)56-55(59(47)77-3)67-51(41-27-15-7-16-28-41)52(68-56)42-29-17-8-18-30-42)38-72-62(74)70(63(69,43-31-19-9-20-32-43)64(71,72)44-33-21-10-22-34-44)36-46(45)58(76-2)54-53(57)65-49(39-23-11-5-12-24-39)50(66-54)40-25-13-6-14-26-40/h5-34H,35-38H2,1-4H3. The Morgan fingerprint density at radius 3 is 0.731 bits per heavy atom. The number of urea groups is 2. The molecule has 10 aromatic rings. The maximum atomic E-state index is 16.7. The first kappa shape index (κ1) is 46.7. The number of methoxy groups -OCH3 is 4. The Morgan fingerprint density at radius 2 is 0.526 bits per heavy atom. The Kier molecular flexibility index (Phi) is 10.7. The minimum Gasteiger partial charge on any atom is -0.494 e. The van der Waals surface area contributed by atoms with Crippen LogP contribution < -0.4 is 18.9 Å². The van der Waals surface area contributed by atoms with Crippen LogP contribution in [0.25, 0.3) is 67.1 Å². The largest absolute Gasteiger partial charge is 0.494 e. The molecule has 0 atom stereocenters. The fraction of sp³-hybridized carbons (Fsp3) is 0.156. The summed E-state index contributed by atoms with van der Waals surface area (Å²) >= 11 is 0. The molecule has 0 spiro atoms. The van der Waals surface area contributed by atoms with Gasteiger partial charge in [-0.25, -0.2) is 29.5 Å². The lowest BCUT2D eigenvalue weighted by molar-refractivity contribution is -0.0795. The van der Waals surface area contributed by atoms with Crippen molar-refractivity contribution >= 4 is 34.1 Å². The van der Waals surface area contributed by atoms with E-state index in [1.54, 1.807) is 28.4 Å². The van der Waals surface area contributed by atoms with Crippen LogP contribution >= 0.6 is 0 Å². The average molecular weight is 1030 g/mol. The molecule has 382 valence electrons. The second kappa shape index (κ2) is 17.9. The molecule has 6 heterocycles. The second-order valence-corrected chi connectivity index (χ2v) is 19.7. The number of hydrogen-bond donors (Lipinski definition) is 0. The zero-order valence-corrected chi connectivity index (χ0v) is 43.2. The second-order valence-electron chi connectivity index (χ2n) is 19.7. The topological polar surface area (TPSA) is 136 Å². The molecular formula is C64H50N8O6. The fourth-order valence-corrected chi connectivity index (χ4v) is 13.0. The molecule has 2 fully saturated rings. The third-order valence-electron chi connectivity index (χ3n) is 16.1. The predicted molar refractivity (Wildman–Crippen MR) is 296 cm³/mol.